The second-order valence-corrected chi connectivity index (χ2v) is 6.01. The smallest absolute Gasteiger partial charge is 0.257 e. The van der Waals surface area contributed by atoms with Gasteiger partial charge in [0.25, 0.3) is 5.91 Å². The molecule has 19 heavy (non-hydrogen) atoms. The topological polar surface area (TPSA) is 76.1 Å². The van der Waals surface area contributed by atoms with Gasteiger partial charge in [0.05, 0.1) is 10.5 Å². The highest BCUT2D eigenvalue weighted by Gasteiger charge is 2.10. The molecule has 2 aromatic rings. The van der Waals surface area contributed by atoms with Crippen LogP contribution in [-0.4, -0.2) is 25.6 Å². The van der Waals surface area contributed by atoms with Gasteiger partial charge in [0, 0.05) is 24.3 Å². The van der Waals surface area contributed by atoms with E-state index in [1.165, 1.54) is 18.3 Å². The third kappa shape index (κ3) is 3.38. The van der Waals surface area contributed by atoms with E-state index in [2.05, 4.69) is 10.3 Å². The highest BCUT2D eigenvalue weighted by molar-refractivity contribution is 7.90. The predicted molar refractivity (Wildman–Crippen MR) is 71.7 cm³/mol. The first-order valence-electron chi connectivity index (χ1n) is 5.48. The summed E-state index contributed by atoms with van der Waals surface area (Å²) in [6.45, 7) is 0. The van der Waals surface area contributed by atoms with Crippen LogP contribution in [0.15, 0.2) is 53.7 Å². The summed E-state index contributed by atoms with van der Waals surface area (Å²) >= 11 is 0. The molecule has 0 aliphatic carbocycles. The fourth-order valence-electron chi connectivity index (χ4n) is 1.50. The zero-order valence-corrected chi connectivity index (χ0v) is 11.0. The summed E-state index contributed by atoms with van der Waals surface area (Å²) in [7, 11) is -3.29. The molecule has 1 heterocycles. The van der Waals surface area contributed by atoms with E-state index in [0.29, 0.717) is 11.3 Å². The fourth-order valence-corrected chi connectivity index (χ4v) is 2.17. The van der Waals surface area contributed by atoms with Crippen molar-refractivity contribution in [3.63, 3.8) is 0 Å². The molecule has 0 fully saturated rings. The second-order valence-electron chi connectivity index (χ2n) is 4.00. The van der Waals surface area contributed by atoms with E-state index in [1.54, 1.807) is 30.5 Å². The minimum atomic E-state index is -3.29. The average Bonchev–Trinajstić information content (AvgIpc) is 2.39. The standard InChI is InChI=1S/C13H12N2O3S/c1-19(17,18)12-6-2-5-11(8-12)15-13(16)10-4-3-7-14-9-10/h2-9H,1H3,(H,15,16). The van der Waals surface area contributed by atoms with Crippen LogP contribution >= 0.6 is 0 Å². The van der Waals surface area contributed by atoms with Gasteiger partial charge in [-0.05, 0) is 30.3 Å². The summed E-state index contributed by atoms with van der Waals surface area (Å²) < 4.78 is 22.8. The van der Waals surface area contributed by atoms with Crippen molar-refractivity contribution in [2.45, 2.75) is 4.90 Å². The number of amides is 1. The highest BCUT2D eigenvalue weighted by atomic mass is 32.2. The fraction of sp³-hybridized carbons (Fsp3) is 0.0769. The van der Waals surface area contributed by atoms with Gasteiger partial charge in [0.2, 0.25) is 0 Å². The molecule has 0 aliphatic heterocycles. The van der Waals surface area contributed by atoms with E-state index < -0.39 is 9.84 Å². The van der Waals surface area contributed by atoms with Crippen molar-refractivity contribution >= 4 is 21.4 Å². The molecular formula is C13H12N2O3S. The van der Waals surface area contributed by atoms with Gasteiger partial charge in [-0.25, -0.2) is 8.42 Å². The first kappa shape index (κ1) is 13.2. The van der Waals surface area contributed by atoms with Gasteiger partial charge in [-0.3, -0.25) is 9.78 Å². The number of hydrogen-bond acceptors (Lipinski definition) is 4. The second kappa shape index (κ2) is 5.19. The molecule has 0 unspecified atom stereocenters. The number of carbonyl (C=O) groups is 1. The van der Waals surface area contributed by atoms with Crippen LogP contribution in [0.1, 0.15) is 10.4 Å². The van der Waals surface area contributed by atoms with Crippen molar-refractivity contribution in [2.75, 3.05) is 11.6 Å². The van der Waals surface area contributed by atoms with Crippen molar-refractivity contribution in [1.82, 2.24) is 4.98 Å². The Bertz CT molecular complexity index is 697. The summed E-state index contributed by atoms with van der Waals surface area (Å²) in [6, 6.07) is 9.39. The summed E-state index contributed by atoms with van der Waals surface area (Å²) in [4.78, 5) is 15.9. The minimum absolute atomic E-state index is 0.163. The van der Waals surface area contributed by atoms with Crippen LogP contribution < -0.4 is 5.32 Å². The number of sulfone groups is 1. The number of pyridine rings is 1. The van der Waals surface area contributed by atoms with Crippen molar-refractivity contribution in [3.8, 4) is 0 Å². The monoisotopic (exact) mass is 276 g/mol. The summed E-state index contributed by atoms with van der Waals surface area (Å²) in [5.41, 5.74) is 0.837. The number of nitrogens with one attached hydrogen (secondary N) is 1. The van der Waals surface area contributed by atoms with Gasteiger partial charge in [0.15, 0.2) is 9.84 Å². The van der Waals surface area contributed by atoms with Crippen LogP contribution in [0.5, 0.6) is 0 Å². The van der Waals surface area contributed by atoms with Crippen LogP contribution in [-0.2, 0) is 9.84 Å². The minimum Gasteiger partial charge on any atom is -0.322 e. The normalized spacial score (nSPS) is 11.0. The third-order valence-electron chi connectivity index (χ3n) is 2.44. The van der Waals surface area contributed by atoms with Crippen LogP contribution in [0.25, 0.3) is 0 Å². The Morgan fingerprint density at radius 2 is 2.00 bits per heavy atom. The van der Waals surface area contributed by atoms with E-state index in [1.807, 2.05) is 0 Å². The third-order valence-corrected chi connectivity index (χ3v) is 3.55. The van der Waals surface area contributed by atoms with E-state index in [0.717, 1.165) is 6.26 Å². The largest absolute Gasteiger partial charge is 0.322 e. The lowest BCUT2D eigenvalue weighted by molar-refractivity contribution is 0.102. The van der Waals surface area contributed by atoms with Crippen molar-refractivity contribution in [1.29, 1.82) is 0 Å². The van der Waals surface area contributed by atoms with Gasteiger partial charge >= 0.3 is 0 Å². The first-order chi connectivity index (χ1) is 8.97. The Hall–Kier alpha value is -2.21. The zero-order valence-electron chi connectivity index (χ0n) is 10.2. The Balaban J connectivity index is 2.23. The molecule has 0 aliphatic rings. The van der Waals surface area contributed by atoms with Crippen molar-refractivity contribution in [3.05, 3.63) is 54.4 Å². The number of benzene rings is 1. The van der Waals surface area contributed by atoms with Crippen molar-refractivity contribution < 1.29 is 13.2 Å². The van der Waals surface area contributed by atoms with Crippen molar-refractivity contribution in [2.24, 2.45) is 0 Å². The number of anilines is 1. The van der Waals surface area contributed by atoms with Crippen LogP contribution in [0, 0.1) is 0 Å². The van der Waals surface area contributed by atoms with Gasteiger partial charge < -0.3 is 5.32 Å². The zero-order chi connectivity index (χ0) is 13.9. The van der Waals surface area contributed by atoms with E-state index in [-0.39, 0.29) is 10.8 Å². The molecule has 1 amide bonds. The van der Waals surface area contributed by atoms with Gasteiger partial charge in [-0.15, -0.1) is 0 Å². The van der Waals surface area contributed by atoms with E-state index >= 15 is 0 Å². The molecule has 98 valence electrons. The lowest BCUT2D eigenvalue weighted by Gasteiger charge is -2.06. The molecule has 1 N–H and O–H groups in total. The molecule has 0 saturated carbocycles. The molecule has 0 saturated heterocycles. The Morgan fingerprint density at radius 1 is 1.21 bits per heavy atom. The predicted octanol–water partition coefficient (Wildman–Crippen LogP) is 1.74. The Morgan fingerprint density at radius 3 is 2.63 bits per heavy atom. The molecule has 6 heteroatoms. The summed E-state index contributed by atoms with van der Waals surface area (Å²) in [5, 5.41) is 2.63. The molecule has 5 nitrogen and oxygen atoms in total. The number of hydrogen-bond donors (Lipinski definition) is 1. The lowest BCUT2D eigenvalue weighted by Crippen LogP contribution is -2.12. The quantitative estimate of drug-likeness (QED) is 0.926. The van der Waals surface area contributed by atoms with Gasteiger partial charge in [-0.1, -0.05) is 6.07 Å². The number of rotatable bonds is 3. The summed E-state index contributed by atoms with van der Waals surface area (Å²) in [6.07, 6.45) is 4.13. The molecule has 0 radical (unpaired) electrons. The average molecular weight is 276 g/mol. The van der Waals surface area contributed by atoms with E-state index in [9.17, 15) is 13.2 Å². The van der Waals surface area contributed by atoms with Crippen LogP contribution in [0.4, 0.5) is 5.69 Å². The molecule has 0 spiro atoms. The highest BCUT2D eigenvalue weighted by Crippen LogP contribution is 2.16. The van der Waals surface area contributed by atoms with E-state index in [4.69, 9.17) is 0 Å². The molecular weight excluding hydrogens is 264 g/mol. The van der Waals surface area contributed by atoms with Gasteiger partial charge in [-0.2, -0.15) is 0 Å². The summed E-state index contributed by atoms with van der Waals surface area (Å²) in [5.74, 6) is -0.334. The number of aromatic nitrogens is 1. The maximum atomic E-state index is 11.9. The molecule has 2 rings (SSSR count). The SMILES string of the molecule is CS(=O)(=O)c1cccc(NC(=O)c2cccnc2)c1. The molecule has 1 aromatic heterocycles. The number of nitrogens with zero attached hydrogens (tertiary/aromatic N) is 1. The van der Waals surface area contributed by atoms with Crippen LogP contribution in [0.3, 0.4) is 0 Å². The Kier molecular flexibility index (Phi) is 3.62. The lowest BCUT2D eigenvalue weighted by atomic mass is 10.2. The Labute approximate surface area is 111 Å². The molecule has 0 bridgehead atoms. The number of carbonyl (C=O) groups excluding carboxylic acids is 1. The molecule has 1 aromatic carbocycles. The van der Waals surface area contributed by atoms with Crippen LogP contribution in [0.2, 0.25) is 0 Å². The van der Waals surface area contributed by atoms with Gasteiger partial charge in [0.1, 0.15) is 0 Å². The first-order valence-corrected chi connectivity index (χ1v) is 7.37. The maximum Gasteiger partial charge on any atom is 0.257 e. The maximum absolute atomic E-state index is 11.9. The molecule has 0 atom stereocenters.